The maximum atomic E-state index is 11.7. The van der Waals surface area contributed by atoms with Gasteiger partial charge in [0.25, 0.3) is 5.91 Å². The third-order valence-corrected chi connectivity index (χ3v) is 2.42. The van der Waals surface area contributed by atoms with Crippen molar-refractivity contribution in [3.8, 4) is 0 Å². The molecule has 2 amide bonds. The summed E-state index contributed by atoms with van der Waals surface area (Å²) in [5, 5.41) is 2.46. The number of carbonyl (C=O) groups is 2. The summed E-state index contributed by atoms with van der Waals surface area (Å²) in [6.45, 7) is 1.51. The van der Waals surface area contributed by atoms with Crippen LogP contribution in [0.4, 0.5) is 0 Å². The molecule has 90 valence electrons. The minimum atomic E-state index is -0.726. The minimum absolute atomic E-state index is 0.211. The highest BCUT2D eigenvalue weighted by Gasteiger charge is 2.13. The molecule has 5 N–H and O–H groups in total. The van der Waals surface area contributed by atoms with Gasteiger partial charge in [-0.1, -0.05) is 24.4 Å². The predicted octanol–water partition coefficient (Wildman–Crippen LogP) is -0.0756. The molecule has 0 saturated carbocycles. The van der Waals surface area contributed by atoms with Gasteiger partial charge in [0.15, 0.2) is 0 Å². The molecule has 0 radical (unpaired) electrons. The van der Waals surface area contributed by atoms with Crippen LogP contribution < -0.4 is 16.8 Å². The van der Waals surface area contributed by atoms with E-state index in [0.717, 1.165) is 0 Å². The number of primary amides is 1. The third kappa shape index (κ3) is 3.53. The molecule has 0 spiro atoms. The summed E-state index contributed by atoms with van der Waals surface area (Å²) < 4.78 is 0. The van der Waals surface area contributed by atoms with Crippen LogP contribution in [0, 0.1) is 0 Å². The summed E-state index contributed by atoms with van der Waals surface area (Å²) in [6.07, 6.45) is 0. The lowest BCUT2D eigenvalue weighted by Gasteiger charge is -2.10. The van der Waals surface area contributed by atoms with Crippen LogP contribution in [0.1, 0.15) is 22.8 Å². The Balaban J connectivity index is 2.86. The molecular weight excluding hydrogens is 238 g/mol. The van der Waals surface area contributed by atoms with Gasteiger partial charge >= 0.3 is 0 Å². The van der Waals surface area contributed by atoms with E-state index in [9.17, 15) is 9.59 Å². The SMILES string of the molecule is CC(NC(=O)c1cccc(C(N)=S)c1)C(N)=O. The summed E-state index contributed by atoms with van der Waals surface area (Å²) in [5.41, 5.74) is 11.5. The first kappa shape index (κ1) is 13.1. The van der Waals surface area contributed by atoms with Crippen molar-refractivity contribution in [3.05, 3.63) is 35.4 Å². The van der Waals surface area contributed by atoms with Gasteiger partial charge in [0.05, 0.1) is 0 Å². The number of amides is 2. The van der Waals surface area contributed by atoms with Gasteiger partial charge in [0, 0.05) is 11.1 Å². The topological polar surface area (TPSA) is 98.2 Å². The maximum Gasteiger partial charge on any atom is 0.251 e. The molecule has 6 heteroatoms. The molecule has 0 aliphatic heterocycles. The van der Waals surface area contributed by atoms with Gasteiger partial charge in [-0.25, -0.2) is 0 Å². The lowest BCUT2D eigenvalue weighted by molar-refractivity contribution is -0.119. The molecule has 1 aromatic carbocycles. The molecule has 1 aromatic rings. The summed E-state index contributed by atoms with van der Waals surface area (Å²) >= 11 is 4.81. The molecule has 1 atom stereocenters. The van der Waals surface area contributed by atoms with Crippen molar-refractivity contribution < 1.29 is 9.59 Å². The Bertz CT molecular complexity index is 474. The molecule has 5 nitrogen and oxygen atoms in total. The number of carbonyl (C=O) groups excluding carboxylic acids is 2. The van der Waals surface area contributed by atoms with Crippen LogP contribution in [0.3, 0.4) is 0 Å². The lowest BCUT2D eigenvalue weighted by atomic mass is 10.1. The fourth-order valence-corrected chi connectivity index (χ4v) is 1.29. The van der Waals surface area contributed by atoms with Gasteiger partial charge < -0.3 is 16.8 Å². The summed E-state index contributed by atoms with van der Waals surface area (Å²) in [5.74, 6) is -0.988. The third-order valence-electron chi connectivity index (χ3n) is 2.18. The number of rotatable bonds is 4. The Morgan fingerprint density at radius 3 is 2.41 bits per heavy atom. The van der Waals surface area contributed by atoms with Crippen LogP contribution in [0.25, 0.3) is 0 Å². The van der Waals surface area contributed by atoms with Gasteiger partial charge in [0.2, 0.25) is 5.91 Å². The zero-order valence-electron chi connectivity index (χ0n) is 9.27. The first-order valence-electron chi connectivity index (χ1n) is 4.92. The Morgan fingerprint density at radius 2 is 1.88 bits per heavy atom. The molecule has 0 aromatic heterocycles. The fraction of sp³-hybridized carbons (Fsp3) is 0.182. The van der Waals surface area contributed by atoms with Crippen LogP contribution in [0.15, 0.2) is 24.3 Å². The normalized spacial score (nSPS) is 11.6. The van der Waals surface area contributed by atoms with Gasteiger partial charge in [-0.15, -0.1) is 0 Å². The monoisotopic (exact) mass is 251 g/mol. The zero-order chi connectivity index (χ0) is 13.0. The predicted molar refractivity (Wildman–Crippen MR) is 68.5 cm³/mol. The van der Waals surface area contributed by atoms with Crippen LogP contribution in [0.5, 0.6) is 0 Å². The molecular formula is C11H13N3O2S. The van der Waals surface area contributed by atoms with Crippen molar-refractivity contribution in [1.29, 1.82) is 0 Å². The quantitative estimate of drug-likeness (QED) is 0.652. The number of benzene rings is 1. The number of nitrogens with one attached hydrogen (secondary N) is 1. The standard InChI is InChI=1S/C11H13N3O2S/c1-6(9(12)15)14-11(16)8-4-2-3-7(5-8)10(13)17/h2-6H,1H3,(H2,12,15)(H2,13,17)(H,14,16). The van der Waals surface area contributed by atoms with Crippen LogP contribution in [-0.2, 0) is 4.79 Å². The molecule has 0 aliphatic rings. The van der Waals surface area contributed by atoms with Crippen molar-refractivity contribution in [1.82, 2.24) is 5.32 Å². The first-order chi connectivity index (χ1) is 7.91. The van der Waals surface area contributed by atoms with Crippen LogP contribution in [-0.4, -0.2) is 22.8 Å². The molecule has 0 fully saturated rings. The van der Waals surface area contributed by atoms with E-state index in [1.807, 2.05) is 0 Å². The van der Waals surface area contributed by atoms with Crippen LogP contribution >= 0.6 is 12.2 Å². The smallest absolute Gasteiger partial charge is 0.251 e. The number of thiocarbonyl (C=S) groups is 1. The second kappa shape index (κ2) is 5.40. The highest BCUT2D eigenvalue weighted by Crippen LogP contribution is 2.05. The van der Waals surface area contributed by atoms with Crippen LogP contribution in [0.2, 0.25) is 0 Å². The Kier molecular flexibility index (Phi) is 4.17. The minimum Gasteiger partial charge on any atom is -0.389 e. The molecule has 1 rings (SSSR count). The molecule has 0 bridgehead atoms. The lowest BCUT2D eigenvalue weighted by Crippen LogP contribution is -2.42. The Labute approximate surface area is 104 Å². The largest absolute Gasteiger partial charge is 0.389 e. The number of nitrogens with two attached hydrogens (primary N) is 2. The second-order valence-corrected chi connectivity index (χ2v) is 3.98. The van der Waals surface area contributed by atoms with Crippen molar-refractivity contribution in [2.45, 2.75) is 13.0 Å². The summed E-state index contributed by atoms with van der Waals surface area (Å²) in [6, 6.07) is 5.81. The molecule has 0 aliphatic carbocycles. The first-order valence-corrected chi connectivity index (χ1v) is 5.32. The maximum absolute atomic E-state index is 11.7. The van der Waals surface area contributed by atoms with E-state index in [0.29, 0.717) is 11.1 Å². The second-order valence-electron chi connectivity index (χ2n) is 3.54. The van der Waals surface area contributed by atoms with E-state index in [-0.39, 0.29) is 4.99 Å². The van der Waals surface area contributed by atoms with E-state index >= 15 is 0 Å². The molecule has 1 unspecified atom stereocenters. The molecule has 0 heterocycles. The summed E-state index contributed by atoms with van der Waals surface area (Å²) in [4.78, 5) is 22.8. The van der Waals surface area contributed by atoms with Gasteiger partial charge in [-0.05, 0) is 19.1 Å². The van der Waals surface area contributed by atoms with E-state index < -0.39 is 17.9 Å². The van der Waals surface area contributed by atoms with E-state index in [1.54, 1.807) is 24.3 Å². The van der Waals surface area contributed by atoms with E-state index in [1.165, 1.54) is 6.92 Å². The van der Waals surface area contributed by atoms with Crippen molar-refractivity contribution in [2.75, 3.05) is 0 Å². The Hall–Kier alpha value is -1.95. The summed E-state index contributed by atoms with van der Waals surface area (Å²) in [7, 11) is 0. The van der Waals surface area contributed by atoms with Crippen molar-refractivity contribution in [3.63, 3.8) is 0 Å². The van der Waals surface area contributed by atoms with Gasteiger partial charge in [-0.2, -0.15) is 0 Å². The number of hydrogen-bond acceptors (Lipinski definition) is 3. The molecule has 17 heavy (non-hydrogen) atoms. The van der Waals surface area contributed by atoms with Crippen molar-refractivity contribution in [2.24, 2.45) is 11.5 Å². The van der Waals surface area contributed by atoms with Gasteiger partial charge in [-0.3, -0.25) is 9.59 Å². The number of hydrogen-bond donors (Lipinski definition) is 3. The van der Waals surface area contributed by atoms with E-state index in [2.05, 4.69) is 5.32 Å². The van der Waals surface area contributed by atoms with Crippen molar-refractivity contribution >= 4 is 29.0 Å². The highest BCUT2D eigenvalue weighted by molar-refractivity contribution is 7.80. The highest BCUT2D eigenvalue weighted by atomic mass is 32.1. The average molecular weight is 251 g/mol. The average Bonchev–Trinajstić information content (AvgIpc) is 2.28. The molecule has 0 saturated heterocycles. The fourth-order valence-electron chi connectivity index (χ4n) is 1.16. The van der Waals surface area contributed by atoms with Gasteiger partial charge in [0.1, 0.15) is 11.0 Å². The Morgan fingerprint density at radius 1 is 1.29 bits per heavy atom. The zero-order valence-corrected chi connectivity index (χ0v) is 10.1. The van der Waals surface area contributed by atoms with E-state index in [4.69, 9.17) is 23.7 Å².